The van der Waals surface area contributed by atoms with E-state index in [-0.39, 0.29) is 17.6 Å². The number of benzene rings is 1. The maximum absolute atomic E-state index is 13.1. The van der Waals surface area contributed by atoms with Gasteiger partial charge in [0.2, 0.25) is 5.95 Å². The van der Waals surface area contributed by atoms with Crippen molar-refractivity contribution in [2.75, 3.05) is 18.4 Å². The van der Waals surface area contributed by atoms with Crippen molar-refractivity contribution in [1.82, 2.24) is 19.9 Å². The monoisotopic (exact) mass is 377 g/mol. The van der Waals surface area contributed by atoms with Crippen molar-refractivity contribution >= 4 is 17.7 Å². The molecule has 0 spiro atoms. The first-order valence-corrected chi connectivity index (χ1v) is 9.25. The van der Waals surface area contributed by atoms with Crippen LogP contribution in [0.15, 0.2) is 60.9 Å². The number of hydrogen-bond donors (Lipinski definition) is 1. The van der Waals surface area contributed by atoms with Gasteiger partial charge in [0, 0.05) is 37.0 Å². The third-order valence-electron chi connectivity index (χ3n) is 4.80. The number of rotatable bonds is 4. The van der Waals surface area contributed by atoms with Crippen LogP contribution in [0.1, 0.15) is 34.8 Å². The van der Waals surface area contributed by atoms with Gasteiger partial charge in [0.1, 0.15) is 11.6 Å². The number of hydrogen-bond acceptors (Lipinski definition) is 5. The van der Waals surface area contributed by atoms with Crippen molar-refractivity contribution in [2.45, 2.75) is 18.8 Å². The Balaban J connectivity index is 1.48. The van der Waals surface area contributed by atoms with E-state index in [9.17, 15) is 9.18 Å². The lowest BCUT2D eigenvalue weighted by Crippen LogP contribution is -2.39. The molecule has 1 aliphatic rings. The second-order valence-electron chi connectivity index (χ2n) is 6.74. The lowest BCUT2D eigenvalue weighted by molar-refractivity contribution is 0.0706. The summed E-state index contributed by atoms with van der Waals surface area (Å²) in [6.07, 6.45) is 5.26. The van der Waals surface area contributed by atoms with Gasteiger partial charge < -0.3 is 10.2 Å². The summed E-state index contributed by atoms with van der Waals surface area (Å²) in [5.41, 5.74) is 1.40. The first-order valence-electron chi connectivity index (χ1n) is 9.25. The number of nitrogens with one attached hydrogen (secondary N) is 1. The van der Waals surface area contributed by atoms with Gasteiger partial charge in [-0.05, 0) is 55.3 Å². The van der Waals surface area contributed by atoms with E-state index in [0.29, 0.717) is 30.4 Å². The zero-order chi connectivity index (χ0) is 19.3. The van der Waals surface area contributed by atoms with Crippen LogP contribution in [0, 0.1) is 5.82 Å². The Morgan fingerprint density at radius 2 is 1.93 bits per heavy atom. The zero-order valence-electron chi connectivity index (χ0n) is 15.3. The number of amides is 1. The van der Waals surface area contributed by atoms with Crippen molar-refractivity contribution in [3.05, 3.63) is 78.0 Å². The summed E-state index contributed by atoms with van der Waals surface area (Å²) in [7, 11) is 0. The summed E-state index contributed by atoms with van der Waals surface area (Å²) in [5, 5.41) is 3.10. The first-order chi connectivity index (χ1) is 13.7. The lowest BCUT2D eigenvalue weighted by atomic mass is 9.94. The number of carbonyl (C=O) groups is 1. The zero-order valence-corrected chi connectivity index (χ0v) is 15.3. The Bertz CT molecular complexity index is 949. The highest BCUT2D eigenvalue weighted by molar-refractivity contribution is 5.94. The van der Waals surface area contributed by atoms with E-state index in [2.05, 4.69) is 20.3 Å². The number of carbonyl (C=O) groups excluding carboxylic acids is 1. The average Bonchev–Trinajstić information content (AvgIpc) is 2.75. The standard InChI is InChI=1S/C21H20FN5O/c22-17-8-6-15(7-9-17)20(28)27-13-3-4-16(14-27)18-10-12-24-21(25-18)26-19-5-1-2-11-23-19/h1-2,5-12,16H,3-4,13-14H2,(H,23,24,25,26)/t16-/m1/s1. The van der Waals surface area contributed by atoms with Gasteiger partial charge >= 0.3 is 0 Å². The van der Waals surface area contributed by atoms with Crippen molar-refractivity contribution in [1.29, 1.82) is 0 Å². The molecule has 3 aromatic rings. The number of anilines is 2. The van der Waals surface area contributed by atoms with Crippen LogP contribution in [0.25, 0.3) is 0 Å². The summed E-state index contributed by atoms with van der Waals surface area (Å²) < 4.78 is 13.1. The number of aromatic nitrogens is 3. The third kappa shape index (κ3) is 4.14. The largest absolute Gasteiger partial charge is 0.338 e. The average molecular weight is 377 g/mol. The summed E-state index contributed by atoms with van der Waals surface area (Å²) in [6.45, 7) is 1.27. The molecule has 0 unspecified atom stereocenters. The minimum absolute atomic E-state index is 0.0782. The van der Waals surface area contributed by atoms with Gasteiger partial charge in [-0.2, -0.15) is 0 Å². The van der Waals surface area contributed by atoms with Crippen LogP contribution in [-0.4, -0.2) is 38.8 Å². The summed E-state index contributed by atoms with van der Waals surface area (Å²) in [4.78, 5) is 27.7. The summed E-state index contributed by atoms with van der Waals surface area (Å²) in [5.74, 6) is 0.868. The molecule has 28 heavy (non-hydrogen) atoms. The van der Waals surface area contributed by atoms with Gasteiger partial charge in [-0.25, -0.2) is 19.3 Å². The predicted molar refractivity (Wildman–Crippen MR) is 104 cm³/mol. The molecule has 0 bridgehead atoms. The molecule has 1 aromatic carbocycles. The minimum atomic E-state index is -0.345. The Hall–Kier alpha value is -3.35. The van der Waals surface area contributed by atoms with Crippen molar-refractivity contribution in [3.8, 4) is 0 Å². The molecule has 0 saturated carbocycles. The van der Waals surface area contributed by atoms with Gasteiger partial charge in [0.05, 0.1) is 5.69 Å². The molecule has 1 amide bonds. The Labute approximate surface area is 162 Å². The highest BCUT2D eigenvalue weighted by Crippen LogP contribution is 2.27. The van der Waals surface area contributed by atoms with Gasteiger partial charge in [-0.3, -0.25) is 4.79 Å². The molecule has 1 atom stereocenters. The number of halogens is 1. The molecule has 1 fully saturated rings. The van der Waals surface area contributed by atoms with Crippen LogP contribution in [0.3, 0.4) is 0 Å². The fraction of sp³-hybridized carbons (Fsp3) is 0.238. The maximum atomic E-state index is 13.1. The number of pyridine rings is 1. The van der Waals surface area contributed by atoms with Crippen LogP contribution >= 0.6 is 0 Å². The van der Waals surface area contributed by atoms with Crippen LogP contribution in [-0.2, 0) is 0 Å². The van der Waals surface area contributed by atoms with Crippen LogP contribution in [0.2, 0.25) is 0 Å². The molecule has 1 saturated heterocycles. The van der Waals surface area contributed by atoms with E-state index in [1.807, 2.05) is 29.2 Å². The quantitative estimate of drug-likeness (QED) is 0.749. The van der Waals surface area contributed by atoms with E-state index in [4.69, 9.17) is 0 Å². The second-order valence-corrected chi connectivity index (χ2v) is 6.74. The molecule has 1 N–H and O–H groups in total. The first kappa shape index (κ1) is 18.0. The fourth-order valence-corrected chi connectivity index (χ4v) is 3.39. The lowest BCUT2D eigenvalue weighted by Gasteiger charge is -2.32. The summed E-state index contributed by atoms with van der Waals surface area (Å²) in [6, 6.07) is 13.2. The Morgan fingerprint density at radius 1 is 1.07 bits per heavy atom. The molecule has 142 valence electrons. The van der Waals surface area contributed by atoms with Gasteiger partial charge in [0.15, 0.2) is 0 Å². The van der Waals surface area contributed by atoms with Crippen LogP contribution < -0.4 is 5.32 Å². The van der Waals surface area contributed by atoms with E-state index >= 15 is 0 Å². The van der Waals surface area contributed by atoms with Gasteiger partial charge in [-0.15, -0.1) is 0 Å². The van der Waals surface area contributed by atoms with Crippen molar-refractivity contribution in [3.63, 3.8) is 0 Å². The molecule has 7 heteroatoms. The highest BCUT2D eigenvalue weighted by atomic mass is 19.1. The number of likely N-dealkylation sites (tertiary alicyclic amines) is 1. The fourth-order valence-electron chi connectivity index (χ4n) is 3.39. The van der Waals surface area contributed by atoms with Gasteiger partial charge in [0.25, 0.3) is 5.91 Å². The minimum Gasteiger partial charge on any atom is -0.338 e. The maximum Gasteiger partial charge on any atom is 0.253 e. The molecule has 6 nitrogen and oxygen atoms in total. The Kier molecular flexibility index (Phi) is 5.23. The van der Waals surface area contributed by atoms with Crippen LogP contribution in [0.5, 0.6) is 0 Å². The third-order valence-corrected chi connectivity index (χ3v) is 4.80. The highest BCUT2D eigenvalue weighted by Gasteiger charge is 2.26. The topological polar surface area (TPSA) is 71.0 Å². The number of piperidine rings is 1. The molecule has 4 rings (SSSR count). The van der Waals surface area contributed by atoms with Crippen molar-refractivity contribution in [2.24, 2.45) is 0 Å². The molecule has 2 aromatic heterocycles. The normalized spacial score (nSPS) is 16.6. The SMILES string of the molecule is O=C(c1ccc(F)cc1)N1CCC[C@@H](c2ccnc(Nc3ccccn3)n2)C1. The van der Waals surface area contributed by atoms with Crippen LogP contribution in [0.4, 0.5) is 16.2 Å². The smallest absolute Gasteiger partial charge is 0.253 e. The van der Waals surface area contributed by atoms with E-state index < -0.39 is 0 Å². The molecule has 0 radical (unpaired) electrons. The second kappa shape index (κ2) is 8.12. The number of nitrogens with zero attached hydrogens (tertiary/aromatic N) is 4. The van der Waals surface area contributed by atoms with E-state index in [1.54, 1.807) is 12.4 Å². The Morgan fingerprint density at radius 3 is 2.71 bits per heavy atom. The van der Waals surface area contributed by atoms with E-state index in [1.165, 1.54) is 24.3 Å². The van der Waals surface area contributed by atoms with E-state index in [0.717, 1.165) is 18.5 Å². The molecular weight excluding hydrogens is 357 g/mol. The summed E-state index contributed by atoms with van der Waals surface area (Å²) >= 11 is 0. The molecule has 1 aliphatic heterocycles. The van der Waals surface area contributed by atoms with Crippen molar-refractivity contribution < 1.29 is 9.18 Å². The van der Waals surface area contributed by atoms with Gasteiger partial charge in [-0.1, -0.05) is 6.07 Å². The molecule has 3 heterocycles. The predicted octanol–water partition coefficient (Wildman–Crippen LogP) is 3.77. The molecule has 0 aliphatic carbocycles. The molecular formula is C21H20FN5O.